The summed E-state index contributed by atoms with van der Waals surface area (Å²) in [6.45, 7) is 10.8. The Hall–Kier alpha value is -6.32. The number of benzene rings is 2. The van der Waals surface area contributed by atoms with Gasteiger partial charge in [-0.25, -0.2) is 13.8 Å². The fraction of sp³-hybridized carbons (Fsp3) is 0.447. The van der Waals surface area contributed by atoms with Crippen molar-refractivity contribution in [2.45, 2.75) is 104 Å². The summed E-state index contributed by atoms with van der Waals surface area (Å²) >= 11 is 0. The Kier molecular flexibility index (Phi) is 11.2. The minimum absolute atomic E-state index is 0. The summed E-state index contributed by atoms with van der Waals surface area (Å²) in [5.41, 5.74) is 8.70. The number of piperidine rings is 2. The Morgan fingerprint density at radius 2 is 1.73 bits per heavy atom. The van der Waals surface area contributed by atoms with Gasteiger partial charge in [-0.05, 0) is 91.1 Å². The minimum Gasteiger partial charge on any atom is -0.496 e. The number of hydrogen-bond acceptors (Lipinski definition) is 9. The molecule has 2 saturated heterocycles. The zero-order valence-electron chi connectivity index (χ0n) is 36.4. The number of carbonyl (C=O) groups excluding carboxylic acids is 4. The highest BCUT2D eigenvalue weighted by Gasteiger charge is 2.42. The van der Waals surface area contributed by atoms with Crippen LogP contribution in [-0.2, 0) is 40.3 Å². The van der Waals surface area contributed by atoms with Gasteiger partial charge in [0.1, 0.15) is 17.4 Å². The summed E-state index contributed by atoms with van der Waals surface area (Å²) < 4.78 is 40.0. The molecule has 0 saturated carbocycles. The highest BCUT2D eigenvalue weighted by molar-refractivity contribution is 6.07. The number of amides is 4. The second-order valence-corrected chi connectivity index (χ2v) is 16.9. The van der Waals surface area contributed by atoms with Crippen molar-refractivity contribution in [2.24, 2.45) is 0 Å². The smallest absolute Gasteiger partial charge is 0.264 e. The zero-order chi connectivity index (χ0) is 44.3. The molecule has 0 radical (unpaired) electrons. The third kappa shape index (κ3) is 7.36. The Morgan fingerprint density at radius 1 is 0.937 bits per heavy atom. The SMILES string of the molecule is CC.COc1cc(N2CCC(n3nc(N4CCCc5cc(-c6cc7nccn7cc6C)c(C(F)F)cc54)c4c3CCN(C(C)=O)C4)CC2)cc2c1C(=O)N(C1CCC(=O)NC1=O)C2.[HH]. The van der Waals surface area contributed by atoms with E-state index >= 15 is 8.78 Å². The van der Waals surface area contributed by atoms with Gasteiger partial charge in [0.15, 0.2) is 5.82 Å². The maximum Gasteiger partial charge on any atom is 0.264 e. The number of hydrogen-bond donors (Lipinski definition) is 1. The second kappa shape index (κ2) is 16.8. The van der Waals surface area contributed by atoms with Crippen molar-refractivity contribution in [1.29, 1.82) is 0 Å². The van der Waals surface area contributed by atoms with Gasteiger partial charge in [-0.1, -0.05) is 13.8 Å². The van der Waals surface area contributed by atoms with E-state index in [0.717, 1.165) is 76.4 Å². The van der Waals surface area contributed by atoms with E-state index in [1.165, 1.54) is 12.0 Å². The summed E-state index contributed by atoms with van der Waals surface area (Å²) in [4.78, 5) is 63.0. The molecule has 14 nitrogen and oxygen atoms in total. The van der Waals surface area contributed by atoms with Gasteiger partial charge in [0.25, 0.3) is 12.3 Å². The number of ether oxygens (including phenoxy) is 1. The van der Waals surface area contributed by atoms with E-state index in [0.29, 0.717) is 61.7 Å². The molecule has 16 heteroatoms. The molecule has 8 heterocycles. The highest BCUT2D eigenvalue weighted by atomic mass is 19.3. The summed E-state index contributed by atoms with van der Waals surface area (Å²) in [6, 6.07) is 8.71. The van der Waals surface area contributed by atoms with E-state index in [2.05, 4.69) is 24.8 Å². The number of nitrogens with zero attached hydrogens (tertiary/aromatic N) is 8. The van der Waals surface area contributed by atoms with Crippen LogP contribution < -0.4 is 19.9 Å². The largest absolute Gasteiger partial charge is 0.496 e. The number of fused-ring (bicyclic) bond motifs is 4. The number of aryl methyl sites for hydroxylation is 2. The first kappa shape index (κ1) is 42.0. The van der Waals surface area contributed by atoms with Crippen LogP contribution in [-0.4, -0.2) is 91.9 Å². The highest BCUT2D eigenvalue weighted by Crippen LogP contribution is 2.45. The predicted molar refractivity (Wildman–Crippen MR) is 236 cm³/mol. The molecule has 63 heavy (non-hydrogen) atoms. The van der Waals surface area contributed by atoms with Crippen LogP contribution in [0.5, 0.6) is 5.75 Å². The number of halogens is 2. The lowest BCUT2D eigenvalue weighted by Gasteiger charge is -2.35. The molecule has 0 aliphatic carbocycles. The third-order valence-electron chi connectivity index (χ3n) is 13.4. The normalized spacial score (nSPS) is 18.9. The first-order valence-corrected chi connectivity index (χ1v) is 22.1. The average molecular weight is 864 g/mol. The molecule has 0 spiro atoms. The number of nitrogens with one attached hydrogen (secondary N) is 1. The van der Waals surface area contributed by atoms with Gasteiger partial charge in [0.05, 0.1) is 25.3 Å². The van der Waals surface area contributed by atoms with Gasteiger partial charge in [-0.3, -0.25) is 29.2 Å². The van der Waals surface area contributed by atoms with E-state index in [-0.39, 0.29) is 50.1 Å². The van der Waals surface area contributed by atoms with Crippen LogP contribution in [0.15, 0.2) is 48.9 Å². The number of aromatic nitrogens is 4. The average Bonchev–Trinajstić information content (AvgIpc) is 4.00. The lowest BCUT2D eigenvalue weighted by molar-refractivity contribution is -0.137. The number of methoxy groups -OCH3 is 1. The fourth-order valence-electron chi connectivity index (χ4n) is 10.2. The standard InChI is InChI=1S/C45H47F2N9O5.C2H6.H2/c1-25-22-53-16-11-48-39(53)21-31(25)32-18-27-5-4-12-54(37(27)20-33(32)42(46)47)43-34-24-52(26(2)57)15-10-35(34)56(50-43)29-8-13-51(14-9-29)30-17-28-23-55(36-6-7-40(58)49-44(36)59)45(60)41(28)38(19-30)61-3;1-2;/h11,16-22,29,36,42H,4-10,12-15,23-24H2,1-3H3,(H,49,58,59);1-2H3;1H. The molecule has 0 bridgehead atoms. The quantitative estimate of drug-likeness (QED) is 0.167. The number of alkyl halides is 2. The van der Waals surface area contributed by atoms with E-state index < -0.39 is 18.4 Å². The number of rotatable bonds is 7. The number of pyridine rings is 1. The Bertz CT molecular complexity index is 2660. The van der Waals surface area contributed by atoms with E-state index in [1.807, 2.05) is 66.7 Å². The topological polar surface area (TPSA) is 138 Å². The van der Waals surface area contributed by atoms with Gasteiger partial charge in [-0.2, -0.15) is 5.10 Å². The van der Waals surface area contributed by atoms with Crippen molar-refractivity contribution >= 4 is 46.5 Å². The molecule has 5 aliphatic heterocycles. The summed E-state index contributed by atoms with van der Waals surface area (Å²) in [6.07, 6.45) is 6.97. The van der Waals surface area contributed by atoms with Crippen molar-refractivity contribution in [1.82, 2.24) is 34.3 Å². The number of imidazole rings is 1. The summed E-state index contributed by atoms with van der Waals surface area (Å²) in [5.74, 6) is 0.0952. The Morgan fingerprint density at radius 3 is 2.46 bits per heavy atom. The third-order valence-corrected chi connectivity index (χ3v) is 13.4. The maximum atomic E-state index is 15.1. The lowest BCUT2D eigenvalue weighted by Crippen LogP contribution is -2.52. The molecule has 332 valence electrons. The molecular weight excluding hydrogens is 809 g/mol. The van der Waals surface area contributed by atoms with Gasteiger partial charge < -0.3 is 28.7 Å². The van der Waals surface area contributed by atoms with Gasteiger partial charge in [0, 0.05) is 107 Å². The molecule has 4 amide bonds. The van der Waals surface area contributed by atoms with Crippen LogP contribution in [0.1, 0.15) is 111 Å². The minimum atomic E-state index is -2.71. The molecule has 3 aromatic heterocycles. The monoisotopic (exact) mass is 863 g/mol. The molecule has 1 unspecified atom stereocenters. The zero-order valence-corrected chi connectivity index (χ0v) is 36.4. The number of anilines is 3. The Labute approximate surface area is 366 Å². The van der Waals surface area contributed by atoms with Crippen LogP contribution in [0.4, 0.5) is 26.0 Å². The molecule has 1 N–H and O–H groups in total. The fourth-order valence-corrected chi connectivity index (χ4v) is 10.2. The van der Waals surface area contributed by atoms with E-state index in [9.17, 15) is 19.2 Å². The van der Waals surface area contributed by atoms with Gasteiger partial charge >= 0.3 is 0 Å². The number of imide groups is 1. The van der Waals surface area contributed by atoms with E-state index in [1.54, 1.807) is 19.2 Å². The molecule has 5 aromatic rings. The molecule has 2 aromatic carbocycles. The molecule has 2 fully saturated rings. The maximum absolute atomic E-state index is 15.1. The lowest BCUT2D eigenvalue weighted by atomic mass is 9.90. The van der Waals surface area contributed by atoms with Crippen molar-refractivity contribution in [3.63, 3.8) is 0 Å². The van der Waals surface area contributed by atoms with Crippen molar-refractivity contribution in [2.75, 3.05) is 43.1 Å². The molecule has 1 atom stereocenters. The van der Waals surface area contributed by atoms with Crippen LogP contribution >= 0.6 is 0 Å². The van der Waals surface area contributed by atoms with Crippen LogP contribution in [0.2, 0.25) is 0 Å². The Balaban J connectivity index is 0.00000184. The first-order valence-electron chi connectivity index (χ1n) is 22.1. The van der Waals surface area contributed by atoms with Crippen molar-refractivity contribution in [3.05, 3.63) is 88.0 Å². The molecular formula is C47H55F2N9O5. The van der Waals surface area contributed by atoms with Crippen molar-refractivity contribution in [3.8, 4) is 16.9 Å². The van der Waals surface area contributed by atoms with Crippen molar-refractivity contribution < 1.29 is 34.1 Å². The van der Waals surface area contributed by atoms with Crippen LogP contribution in [0.25, 0.3) is 16.8 Å². The van der Waals surface area contributed by atoms with Crippen LogP contribution in [0.3, 0.4) is 0 Å². The van der Waals surface area contributed by atoms with Gasteiger partial charge in [-0.15, -0.1) is 0 Å². The molecule has 10 rings (SSSR count). The predicted octanol–water partition coefficient (Wildman–Crippen LogP) is 7.32. The van der Waals surface area contributed by atoms with E-state index in [4.69, 9.17) is 9.84 Å². The second-order valence-electron chi connectivity index (χ2n) is 16.9. The van der Waals surface area contributed by atoms with Crippen LogP contribution in [0, 0.1) is 6.92 Å². The summed E-state index contributed by atoms with van der Waals surface area (Å²) in [7, 11) is 1.54. The van der Waals surface area contributed by atoms with Gasteiger partial charge in [0.2, 0.25) is 17.7 Å². The first-order chi connectivity index (χ1) is 30.5. The summed E-state index contributed by atoms with van der Waals surface area (Å²) in [5, 5.41) is 7.71. The number of carbonyl (C=O) groups is 4. The molecule has 5 aliphatic rings.